The Kier molecular flexibility index (Phi) is 6.64. The highest BCUT2D eigenvalue weighted by molar-refractivity contribution is 5.89. The molecule has 4 aromatic rings. The van der Waals surface area contributed by atoms with Crippen molar-refractivity contribution < 1.29 is 4.74 Å². The minimum atomic E-state index is 0.345. The lowest BCUT2D eigenvalue weighted by Crippen LogP contribution is -2.36. The third-order valence-corrected chi connectivity index (χ3v) is 8.06. The standard InChI is InChI=1S/C28H38N6O/c1-17(2)25-26(22-15-34-28(29-16-30-34)19(4)18(22)3)32-24-12-11-23(31-27(24)25)20-7-9-21(10-8-20)33(5)13-14-35-6/h11-12,15-17,20-21,32H,7-10,13-14H2,1-6H3. The van der Waals surface area contributed by atoms with Crippen molar-refractivity contribution in [1.82, 2.24) is 29.5 Å². The molecule has 0 spiro atoms. The monoisotopic (exact) mass is 474 g/mol. The number of pyridine rings is 2. The number of fused-ring (bicyclic) bond motifs is 2. The van der Waals surface area contributed by atoms with Crippen LogP contribution in [0.1, 0.15) is 73.8 Å². The molecule has 4 aromatic heterocycles. The molecule has 4 heterocycles. The number of nitrogens with zero attached hydrogens (tertiary/aromatic N) is 5. The summed E-state index contributed by atoms with van der Waals surface area (Å²) < 4.78 is 7.15. The maximum absolute atomic E-state index is 5.29. The lowest BCUT2D eigenvalue weighted by molar-refractivity contribution is 0.119. The summed E-state index contributed by atoms with van der Waals surface area (Å²) >= 11 is 0. The zero-order valence-corrected chi connectivity index (χ0v) is 21.9. The molecular formula is C28H38N6O. The second-order valence-electron chi connectivity index (χ2n) is 10.5. The number of nitrogens with one attached hydrogen (secondary N) is 1. The number of ether oxygens (including phenoxy) is 1. The number of methoxy groups -OCH3 is 1. The predicted molar refractivity (Wildman–Crippen MR) is 141 cm³/mol. The topological polar surface area (TPSA) is 71.3 Å². The summed E-state index contributed by atoms with van der Waals surface area (Å²) in [7, 11) is 4.00. The van der Waals surface area contributed by atoms with Gasteiger partial charge in [-0.1, -0.05) is 13.8 Å². The van der Waals surface area contributed by atoms with Gasteiger partial charge in [0.2, 0.25) is 0 Å². The predicted octanol–water partition coefficient (Wildman–Crippen LogP) is 5.62. The normalized spacial score (nSPS) is 19.0. The van der Waals surface area contributed by atoms with Crippen LogP contribution in [-0.2, 0) is 4.74 Å². The average molecular weight is 475 g/mol. The van der Waals surface area contributed by atoms with Gasteiger partial charge in [-0.05, 0) is 75.8 Å². The van der Waals surface area contributed by atoms with E-state index in [0.29, 0.717) is 17.9 Å². The smallest absolute Gasteiger partial charge is 0.158 e. The van der Waals surface area contributed by atoms with Crippen molar-refractivity contribution in [2.45, 2.75) is 71.3 Å². The van der Waals surface area contributed by atoms with Crippen LogP contribution >= 0.6 is 0 Å². The van der Waals surface area contributed by atoms with E-state index in [1.807, 2.05) is 4.52 Å². The van der Waals surface area contributed by atoms with Crippen molar-refractivity contribution in [3.63, 3.8) is 0 Å². The highest BCUT2D eigenvalue weighted by Gasteiger charge is 2.27. The van der Waals surface area contributed by atoms with E-state index >= 15 is 0 Å². The molecule has 186 valence electrons. The quantitative estimate of drug-likeness (QED) is 0.377. The lowest BCUT2D eigenvalue weighted by atomic mass is 9.83. The Balaban J connectivity index is 1.48. The number of aromatic amines is 1. The van der Waals surface area contributed by atoms with Crippen LogP contribution in [0.4, 0.5) is 0 Å². The molecule has 0 unspecified atom stereocenters. The summed E-state index contributed by atoms with van der Waals surface area (Å²) in [6.45, 7) is 10.6. The number of aromatic nitrogens is 5. The number of hydrogen-bond acceptors (Lipinski definition) is 5. The van der Waals surface area contributed by atoms with Gasteiger partial charge >= 0.3 is 0 Å². The van der Waals surface area contributed by atoms with Crippen molar-refractivity contribution in [2.24, 2.45) is 0 Å². The van der Waals surface area contributed by atoms with E-state index < -0.39 is 0 Å². The van der Waals surface area contributed by atoms with Gasteiger partial charge in [0.1, 0.15) is 6.33 Å². The first-order chi connectivity index (χ1) is 16.9. The van der Waals surface area contributed by atoms with Crippen LogP contribution in [0.2, 0.25) is 0 Å². The van der Waals surface area contributed by atoms with E-state index in [1.54, 1.807) is 13.4 Å². The Morgan fingerprint density at radius 1 is 1.14 bits per heavy atom. The molecule has 7 nitrogen and oxygen atoms in total. The van der Waals surface area contributed by atoms with Crippen molar-refractivity contribution in [3.8, 4) is 11.3 Å². The van der Waals surface area contributed by atoms with Crippen LogP contribution in [0.5, 0.6) is 0 Å². The fourth-order valence-corrected chi connectivity index (χ4v) is 5.79. The van der Waals surface area contributed by atoms with Gasteiger partial charge in [0, 0.05) is 48.6 Å². The molecule has 5 rings (SSSR count). The first kappa shape index (κ1) is 23.9. The zero-order chi connectivity index (χ0) is 24.7. The van der Waals surface area contributed by atoms with E-state index in [-0.39, 0.29) is 0 Å². The van der Waals surface area contributed by atoms with Crippen LogP contribution in [-0.4, -0.2) is 62.8 Å². The molecule has 1 aliphatic rings. The number of likely N-dealkylation sites (N-methyl/N-ethyl adjacent to an activating group) is 1. The fourth-order valence-electron chi connectivity index (χ4n) is 5.79. The van der Waals surface area contributed by atoms with E-state index in [0.717, 1.165) is 41.1 Å². The molecule has 1 saturated carbocycles. The lowest BCUT2D eigenvalue weighted by Gasteiger charge is -2.34. The van der Waals surface area contributed by atoms with Crippen LogP contribution in [0.15, 0.2) is 24.7 Å². The van der Waals surface area contributed by atoms with Gasteiger partial charge < -0.3 is 14.6 Å². The number of H-pyrrole nitrogens is 1. The number of hydrogen-bond donors (Lipinski definition) is 1. The summed E-state index contributed by atoms with van der Waals surface area (Å²) in [5.41, 5.74) is 10.4. The molecule has 0 radical (unpaired) electrons. The SMILES string of the molecule is COCCN(C)C1CCC(c2ccc3[nH]c(-c4cn5ncnc5c(C)c4C)c(C(C)C)c3n2)CC1. The van der Waals surface area contributed by atoms with Crippen LogP contribution in [0, 0.1) is 13.8 Å². The van der Waals surface area contributed by atoms with Gasteiger partial charge in [-0.25, -0.2) is 9.50 Å². The molecule has 0 amide bonds. The molecule has 1 aliphatic carbocycles. The molecule has 1 N–H and O–H groups in total. The van der Waals surface area contributed by atoms with E-state index in [9.17, 15) is 0 Å². The third-order valence-electron chi connectivity index (χ3n) is 8.06. The van der Waals surface area contributed by atoms with E-state index in [4.69, 9.17) is 9.72 Å². The molecule has 1 fully saturated rings. The second kappa shape index (κ2) is 9.70. The Labute approximate surface area is 207 Å². The van der Waals surface area contributed by atoms with Crippen LogP contribution < -0.4 is 0 Å². The first-order valence-electron chi connectivity index (χ1n) is 12.9. The summed E-state index contributed by atoms with van der Waals surface area (Å²) in [4.78, 5) is 15.9. The van der Waals surface area contributed by atoms with Crippen LogP contribution in [0.3, 0.4) is 0 Å². The Hall–Kier alpha value is -2.77. The number of rotatable bonds is 7. The van der Waals surface area contributed by atoms with Crippen molar-refractivity contribution in [2.75, 3.05) is 27.3 Å². The summed E-state index contributed by atoms with van der Waals surface area (Å²) in [6.07, 6.45) is 8.54. The fraction of sp³-hybridized carbons (Fsp3) is 0.536. The first-order valence-corrected chi connectivity index (χ1v) is 12.9. The second-order valence-corrected chi connectivity index (χ2v) is 10.5. The molecule has 0 atom stereocenters. The highest BCUT2D eigenvalue weighted by atomic mass is 16.5. The molecule has 0 bridgehead atoms. The number of aryl methyl sites for hydroxylation is 1. The van der Waals surface area contributed by atoms with E-state index in [2.05, 4.69) is 73.0 Å². The minimum Gasteiger partial charge on any atom is -0.383 e. The van der Waals surface area contributed by atoms with E-state index in [1.165, 1.54) is 48.1 Å². The van der Waals surface area contributed by atoms with Crippen molar-refractivity contribution >= 4 is 16.7 Å². The van der Waals surface area contributed by atoms with Gasteiger partial charge in [-0.3, -0.25) is 4.98 Å². The van der Waals surface area contributed by atoms with Crippen molar-refractivity contribution in [3.05, 3.63) is 47.0 Å². The summed E-state index contributed by atoms with van der Waals surface area (Å²) in [6, 6.07) is 5.12. The van der Waals surface area contributed by atoms with Gasteiger partial charge in [-0.15, -0.1) is 0 Å². The van der Waals surface area contributed by atoms with Gasteiger partial charge in [-0.2, -0.15) is 5.10 Å². The largest absolute Gasteiger partial charge is 0.383 e. The molecule has 7 heteroatoms. The molecular weight excluding hydrogens is 436 g/mol. The molecule has 35 heavy (non-hydrogen) atoms. The van der Waals surface area contributed by atoms with Crippen LogP contribution in [0.25, 0.3) is 27.9 Å². The van der Waals surface area contributed by atoms with Crippen molar-refractivity contribution in [1.29, 1.82) is 0 Å². The summed E-state index contributed by atoms with van der Waals surface area (Å²) in [5, 5.41) is 4.41. The Morgan fingerprint density at radius 2 is 1.91 bits per heavy atom. The summed E-state index contributed by atoms with van der Waals surface area (Å²) in [5.74, 6) is 0.873. The third kappa shape index (κ3) is 4.36. The average Bonchev–Trinajstić information content (AvgIpc) is 3.49. The zero-order valence-electron chi connectivity index (χ0n) is 21.9. The van der Waals surface area contributed by atoms with Gasteiger partial charge in [0.25, 0.3) is 0 Å². The Bertz CT molecular complexity index is 1330. The maximum atomic E-state index is 5.29. The molecule has 0 aliphatic heterocycles. The molecule has 0 saturated heterocycles. The minimum absolute atomic E-state index is 0.345. The highest BCUT2D eigenvalue weighted by Crippen LogP contribution is 2.39. The Morgan fingerprint density at radius 3 is 2.63 bits per heavy atom. The van der Waals surface area contributed by atoms with Gasteiger partial charge in [0.05, 0.1) is 23.3 Å². The molecule has 0 aromatic carbocycles. The van der Waals surface area contributed by atoms with Gasteiger partial charge in [0.15, 0.2) is 5.65 Å². The maximum Gasteiger partial charge on any atom is 0.158 e.